The molecule has 0 aromatic rings. The second-order valence-electron chi connectivity index (χ2n) is 2.36. The van der Waals surface area contributed by atoms with Gasteiger partial charge in [0.25, 0.3) is 0 Å². The fourth-order valence-corrected chi connectivity index (χ4v) is 1.27. The molecular formula is C7H10N2. The molecule has 9 heavy (non-hydrogen) atoms. The van der Waals surface area contributed by atoms with E-state index < -0.39 is 0 Å². The fourth-order valence-electron chi connectivity index (χ4n) is 1.27. The molecule has 0 aromatic carbocycles. The van der Waals surface area contributed by atoms with Gasteiger partial charge in [-0.15, -0.1) is 0 Å². The minimum atomic E-state index is 0.978. The maximum absolute atomic E-state index is 3.28. The Bertz CT molecular complexity index is 179. The Kier molecular flexibility index (Phi) is 0.979. The van der Waals surface area contributed by atoms with Crippen molar-refractivity contribution in [1.82, 2.24) is 10.6 Å². The smallest absolute Gasteiger partial charge is 0.102 e. The topological polar surface area (TPSA) is 24.1 Å². The lowest BCUT2D eigenvalue weighted by molar-refractivity contribution is 0.767. The summed E-state index contributed by atoms with van der Waals surface area (Å²) in [5.74, 6) is 1.25. The Morgan fingerprint density at radius 3 is 3.22 bits per heavy atom. The molecule has 2 aliphatic heterocycles. The summed E-state index contributed by atoms with van der Waals surface area (Å²) in [6.07, 6.45) is 5.54. The lowest BCUT2D eigenvalue weighted by Gasteiger charge is -2.10. The average Bonchev–Trinajstić information content (AvgIpc) is 2.33. The van der Waals surface area contributed by atoms with Crippen LogP contribution in [0.15, 0.2) is 23.5 Å². The van der Waals surface area contributed by atoms with E-state index in [0.29, 0.717) is 0 Å². The largest absolute Gasteiger partial charge is 0.371 e. The SMILES string of the molecule is C1=CC2=C(NC1)NCC2. The van der Waals surface area contributed by atoms with Crippen LogP contribution in [0, 0.1) is 0 Å². The van der Waals surface area contributed by atoms with Crippen LogP contribution in [-0.2, 0) is 0 Å². The van der Waals surface area contributed by atoms with Crippen molar-refractivity contribution in [3.05, 3.63) is 23.5 Å². The molecule has 2 heteroatoms. The molecule has 0 amide bonds. The van der Waals surface area contributed by atoms with Crippen LogP contribution in [0.5, 0.6) is 0 Å². The van der Waals surface area contributed by atoms with Crippen molar-refractivity contribution in [3.8, 4) is 0 Å². The van der Waals surface area contributed by atoms with E-state index in [2.05, 4.69) is 22.8 Å². The zero-order valence-corrected chi connectivity index (χ0v) is 5.28. The van der Waals surface area contributed by atoms with Crippen molar-refractivity contribution >= 4 is 0 Å². The minimum absolute atomic E-state index is 0.978. The molecule has 0 saturated heterocycles. The molecule has 2 heterocycles. The highest BCUT2D eigenvalue weighted by molar-refractivity contribution is 5.31. The molecule has 2 aliphatic rings. The van der Waals surface area contributed by atoms with Crippen molar-refractivity contribution in [2.45, 2.75) is 6.42 Å². The molecule has 2 N–H and O–H groups in total. The summed E-state index contributed by atoms with van der Waals surface area (Å²) >= 11 is 0. The predicted octanol–water partition coefficient (Wildman–Crippen LogP) is 0.351. The summed E-state index contributed by atoms with van der Waals surface area (Å²) in [6, 6.07) is 0. The molecule has 48 valence electrons. The van der Waals surface area contributed by atoms with Crippen LogP contribution in [0.2, 0.25) is 0 Å². The third kappa shape index (κ3) is 0.707. The van der Waals surface area contributed by atoms with Crippen LogP contribution < -0.4 is 10.6 Å². The number of rotatable bonds is 0. The zero-order chi connectivity index (χ0) is 6.10. The van der Waals surface area contributed by atoms with Crippen molar-refractivity contribution in [2.75, 3.05) is 13.1 Å². The number of allylic oxidation sites excluding steroid dienone is 1. The van der Waals surface area contributed by atoms with Gasteiger partial charge in [0, 0.05) is 13.1 Å². The Labute approximate surface area is 54.6 Å². The Morgan fingerprint density at radius 2 is 2.33 bits per heavy atom. The van der Waals surface area contributed by atoms with E-state index in [4.69, 9.17) is 0 Å². The average molecular weight is 122 g/mol. The summed E-state index contributed by atoms with van der Waals surface area (Å²) in [4.78, 5) is 0. The first-order valence-electron chi connectivity index (χ1n) is 3.34. The Hall–Kier alpha value is -0.920. The van der Waals surface area contributed by atoms with Gasteiger partial charge in [0.1, 0.15) is 5.82 Å². The highest BCUT2D eigenvalue weighted by Crippen LogP contribution is 2.14. The number of dihydropyridines is 1. The van der Waals surface area contributed by atoms with Gasteiger partial charge in [-0.05, 0) is 12.0 Å². The third-order valence-corrected chi connectivity index (χ3v) is 1.73. The van der Waals surface area contributed by atoms with Crippen LogP contribution in [-0.4, -0.2) is 13.1 Å². The Balaban J connectivity index is 2.28. The van der Waals surface area contributed by atoms with E-state index in [0.717, 1.165) is 13.1 Å². The van der Waals surface area contributed by atoms with Crippen molar-refractivity contribution < 1.29 is 0 Å². The molecule has 0 fully saturated rings. The van der Waals surface area contributed by atoms with Crippen LogP contribution in [0.25, 0.3) is 0 Å². The molecule has 0 radical (unpaired) electrons. The maximum atomic E-state index is 3.28. The molecule has 0 aromatic heterocycles. The second kappa shape index (κ2) is 1.79. The molecule has 0 bridgehead atoms. The van der Waals surface area contributed by atoms with Crippen molar-refractivity contribution in [2.24, 2.45) is 0 Å². The number of hydrogen-bond donors (Lipinski definition) is 2. The maximum Gasteiger partial charge on any atom is 0.102 e. The second-order valence-corrected chi connectivity index (χ2v) is 2.36. The van der Waals surface area contributed by atoms with Crippen LogP contribution >= 0.6 is 0 Å². The molecule has 0 atom stereocenters. The summed E-state index contributed by atoms with van der Waals surface area (Å²) in [6.45, 7) is 2.08. The van der Waals surface area contributed by atoms with Crippen LogP contribution in [0.1, 0.15) is 6.42 Å². The lowest BCUT2D eigenvalue weighted by atomic mass is 10.2. The molecule has 0 spiro atoms. The highest BCUT2D eigenvalue weighted by Gasteiger charge is 2.11. The van der Waals surface area contributed by atoms with Gasteiger partial charge in [-0.2, -0.15) is 0 Å². The standard InChI is InChI=1S/C7H10N2/c1-2-6-3-5-9-7(6)8-4-1/h1-2,8-9H,3-5H2. The van der Waals surface area contributed by atoms with Gasteiger partial charge in [-0.25, -0.2) is 0 Å². The van der Waals surface area contributed by atoms with Gasteiger partial charge < -0.3 is 10.6 Å². The molecule has 0 saturated carbocycles. The zero-order valence-electron chi connectivity index (χ0n) is 5.28. The van der Waals surface area contributed by atoms with Crippen molar-refractivity contribution in [3.63, 3.8) is 0 Å². The van der Waals surface area contributed by atoms with E-state index >= 15 is 0 Å². The molecule has 0 aliphatic carbocycles. The normalized spacial score (nSPS) is 23.1. The lowest BCUT2D eigenvalue weighted by Crippen LogP contribution is -2.24. The quantitative estimate of drug-likeness (QED) is 0.484. The number of nitrogens with one attached hydrogen (secondary N) is 2. The van der Waals surface area contributed by atoms with Crippen molar-refractivity contribution in [1.29, 1.82) is 0 Å². The van der Waals surface area contributed by atoms with Gasteiger partial charge in [0.05, 0.1) is 0 Å². The van der Waals surface area contributed by atoms with Gasteiger partial charge >= 0.3 is 0 Å². The van der Waals surface area contributed by atoms with Crippen LogP contribution in [0.3, 0.4) is 0 Å². The van der Waals surface area contributed by atoms with Crippen LogP contribution in [0.4, 0.5) is 0 Å². The first-order valence-corrected chi connectivity index (χ1v) is 3.34. The van der Waals surface area contributed by atoms with E-state index in [1.807, 2.05) is 0 Å². The summed E-state index contributed by atoms with van der Waals surface area (Å²) in [5.41, 5.74) is 1.43. The summed E-state index contributed by atoms with van der Waals surface area (Å²) in [5, 5.41) is 6.54. The summed E-state index contributed by atoms with van der Waals surface area (Å²) in [7, 11) is 0. The fraction of sp³-hybridized carbons (Fsp3) is 0.429. The van der Waals surface area contributed by atoms with E-state index in [1.54, 1.807) is 0 Å². The first kappa shape index (κ1) is 4.91. The molecular weight excluding hydrogens is 112 g/mol. The predicted molar refractivity (Wildman–Crippen MR) is 36.8 cm³/mol. The highest BCUT2D eigenvalue weighted by atomic mass is 15.1. The van der Waals surface area contributed by atoms with Gasteiger partial charge in [-0.3, -0.25) is 0 Å². The van der Waals surface area contributed by atoms with E-state index in [9.17, 15) is 0 Å². The Morgan fingerprint density at radius 1 is 1.33 bits per heavy atom. The minimum Gasteiger partial charge on any atom is -0.371 e. The molecule has 0 unspecified atom stereocenters. The first-order chi connectivity index (χ1) is 4.47. The van der Waals surface area contributed by atoms with Gasteiger partial charge in [-0.1, -0.05) is 12.2 Å². The van der Waals surface area contributed by atoms with E-state index in [-0.39, 0.29) is 0 Å². The monoisotopic (exact) mass is 122 g/mol. The van der Waals surface area contributed by atoms with Gasteiger partial charge in [0.15, 0.2) is 0 Å². The van der Waals surface area contributed by atoms with Gasteiger partial charge in [0.2, 0.25) is 0 Å². The third-order valence-electron chi connectivity index (χ3n) is 1.73. The summed E-state index contributed by atoms with van der Waals surface area (Å²) < 4.78 is 0. The van der Waals surface area contributed by atoms with E-state index in [1.165, 1.54) is 17.8 Å². The molecule has 2 nitrogen and oxygen atoms in total. The molecule has 2 rings (SSSR count). The number of hydrogen-bond acceptors (Lipinski definition) is 2.